The van der Waals surface area contributed by atoms with Gasteiger partial charge in [0.1, 0.15) is 0 Å². The molecule has 1 aliphatic heterocycles. The largest absolute Gasteiger partial charge is 0.396 e. The van der Waals surface area contributed by atoms with Crippen molar-refractivity contribution < 1.29 is 14.6 Å². The van der Waals surface area contributed by atoms with Gasteiger partial charge in [0.15, 0.2) is 0 Å². The molecule has 1 aromatic carbocycles. The van der Waals surface area contributed by atoms with Crippen LogP contribution in [0.25, 0.3) is 0 Å². The molecule has 4 nitrogen and oxygen atoms in total. The highest BCUT2D eigenvalue weighted by Gasteiger charge is 2.43. The van der Waals surface area contributed by atoms with Crippen molar-refractivity contribution in [3.05, 3.63) is 34.9 Å². The normalized spacial score (nSPS) is 18.7. The van der Waals surface area contributed by atoms with E-state index in [0.717, 1.165) is 12.0 Å². The van der Waals surface area contributed by atoms with Gasteiger partial charge in [-0.1, -0.05) is 36.7 Å². The number of ether oxygens (including phenoxy) is 1. The molecule has 1 amide bonds. The number of benzene rings is 1. The highest BCUT2D eigenvalue weighted by atomic mass is 35.5. The third-order valence-corrected chi connectivity index (χ3v) is 4.81. The van der Waals surface area contributed by atoms with E-state index in [-0.39, 0.29) is 18.6 Å². The third-order valence-electron chi connectivity index (χ3n) is 4.48. The van der Waals surface area contributed by atoms with Gasteiger partial charge in [0.25, 0.3) is 0 Å². The van der Waals surface area contributed by atoms with Crippen molar-refractivity contribution in [3.63, 3.8) is 0 Å². The Morgan fingerprint density at radius 1 is 1.41 bits per heavy atom. The molecule has 0 bridgehead atoms. The van der Waals surface area contributed by atoms with Crippen LogP contribution in [0.2, 0.25) is 5.02 Å². The van der Waals surface area contributed by atoms with Crippen molar-refractivity contribution in [3.8, 4) is 0 Å². The van der Waals surface area contributed by atoms with Crippen LogP contribution in [0.5, 0.6) is 0 Å². The van der Waals surface area contributed by atoms with Crippen molar-refractivity contribution in [2.75, 3.05) is 19.8 Å². The average molecular weight is 326 g/mol. The van der Waals surface area contributed by atoms with Gasteiger partial charge in [0, 0.05) is 30.9 Å². The number of rotatable bonds is 6. The summed E-state index contributed by atoms with van der Waals surface area (Å²) >= 11 is 6.36. The first-order valence-electron chi connectivity index (χ1n) is 7.88. The molecule has 1 fully saturated rings. The van der Waals surface area contributed by atoms with Crippen LogP contribution in [0, 0.1) is 0 Å². The highest BCUT2D eigenvalue weighted by Crippen LogP contribution is 2.39. The zero-order chi connectivity index (χ0) is 16.0. The summed E-state index contributed by atoms with van der Waals surface area (Å²) in [5.41, 5.74) is 0.232. The van der Waals surface area contributed by atoms with Gasteiger partial charge < -0.3 is 15.2 Å². The molecule has 5 heteroatoms. The summed E-state index contributed by atoms with van der Waals surface area (Å²) in [6.07, 6.45) is 2.61. The summed E-state index contributed by atoms with van der Waals surface area (Å²) in [6.45, 7) is 3.18. The summed E-state index contributed by atoms with van der Waals surface area (Å²) in [7, 11) is 0. The fraction of sp³-hybridized carbons (Fsp3) is 0.588. The number of nitrogens with one attached hydrogen (secondary N) is 1. The maximum atomic E-state index is 13.0. The third kappa shape index (κ3) is 3.62. The van der Waals surface area contributed by atoms with Crippen LogP contribution < -0.4 is 5.32 Å². The Balaban J connectivity index is 2.29. The van der Waals surface area contributed by atoms with Crippen LogP contribution in [-0.4, -0.2) is 36.9 Å². The van der Waals surface area contributed by atoms with E-state index >= 15 is 0 Å². The Morgan fingerprint density at radius 2 is 2.09 bits per heavy atom. The van der Waals surface area contributed by atoms with Crippen LogP contribution in [0.4, 0.5) is 0 Å². The molecule has 2 N–H and O–H groups in total. The molecule has 1 aliphatic rings. The minimum atomic E-state index is -0.639. The van der Waals surface area contributed by atoms with Gasteiger partial charge in [-0.25, -0.2) is 0 Å². The molecule has 1 heterocycles. The van der Waals surface area contributed by atoms with Crippen molar-refractivity contribution in [1.29, 1.82) is 0 Å². The van der Waals surface area contributed by atoms with E-state index in [0.29, 0.717) is 37.5 Å². The van der Waals surface area contributed by atoms with Gasteiger partial charge in [-0.15, -0.1) is 0 Å². The molecule has 0 aromatic heterocycles. The van der Waals surface area contributed by atoms with Gasteiger partial charge in [-0.2, -0.15) is 0 Å². The topological polar surface area (TPSA) is 58.6 Å². The number of carbonyl (C=O) groups excluding carboxylic acids is 1. The second-order valence-corrected chi connectivity index (χ2v) is 6.17. The number of amides is 1. The van der Waals surface area contributed by atoms with Crippen molar-refractivity contribution in [1.82, 2.24) is 5.32 Å². The molecular formula is C17H24ClNO3. The van der Waals surface area contributed by atoms with Gasteiger partial charge >= 0.3 is 0 Å². The second kappa shape index (κ2) is 7.95. The second-order valence-electron chi connectivity index (χ2n) is 5.77. The molecule has 0 saturated carbocycles. The number of aliphatic hydroxyl groups excluding tert-OH is 1. The smallest absolute Gasteiger partial charge is 0.231 e. The van der Waals surface area contributed by atoms with E-state index in [9.17, 15) is 4.79 Å². The maximum absolute atomic E-state index is 13.0. The first kappa shape index (κ1) is 17.3. The first-order valence-corrected chi connectivity index (χ1v) is 8.26. The SMILES string of the molecule is CCC(CCO)NC(=O)C1(c2ccccc2Cl)CCOCC1. The van der Waals surface area contributed by atoms with E-state index in [1.807, 2.05) is 31.2 Å². The minimum Gasteiger partial charge on any atom is -0.396 e. The molecule has 22 heavy (non-hydrogen) atoms. The molecule has 1 saturated heterocycles. The molecule has 1 unspecified atom stereocenters. The van der Waals surface area contributed by atoms with E-state index in [1.165, 1.54) is 0 Å². The number of hydrogen-bond acceptors (Lipinski definition) is 3. The summed E-state index contributed by atoms with van der Waals surface area (Å²) < 4.78 is 5.45. The molecule has 1 atom stereocenters. The van der Waals surface area contributed by atoms with Gasteiger partial charge in [0.05, 0.1) is 5.41 Å². The molecule has 122 valence electrons. The predicted octanol–water partition coefficient (Wildman–Crippen LogP) is 2.67. The van der Waals surface area contributed by atoms with Crippen LogP contribution >= 0.6 is 11.6 Å². The monoisotopic (exact) mass is 325 g/mol. The number of aliphatic hydroxyl groups is 1. The Labute approximate surface area is 136 Å². The fourth-order valence-corrected chi connectivity index (χ4v) is 3.36. The Morgan fingerprint density at radius 3 is 2.68 bits per heavy atom. The number of hydrogen-bond donors (Lipinski definition) is 2. The number of halogens is 1. The summed E-state index contributed by atoms with van der Waals surface area (Å²) in [5, 5.41) is 12.8. The van der Waals surface area contributed by atoms with Crippen LogP contribution in [-0.2, 0) is 14.9 Å². The van der Waals surface area contributed by atoms with Crippen molar-refractivity contribution in [2.45, 2.75) is 44.1 Å². The molecule has 2 rings (SSSR count). The van der Waals surface area contributed by atoms with Gasteiger partial charge in [-0.05, 0) is 37.3 Å². The zero-order valence-corrected chi connectivity index (χ0v) is 13.7. The molecule has 0 aliphatic carbocycles. The highest BCUT2D eigenvalue weighted by molar-refractivity contribution is 6.31. The van der Waals surface area contributed by atoms with Crippen LogP contribution in [0.15, 0.2) is 24.3 Å². The van der Waals surface area contributed by atoms with E-state index in [1.54, 1.807) is 0 Å². The lowest BCUT2D eigenvalue weighted by Gasteiger charge is -2.38. The Bertz CT molecular complexity index is 500. The first-order chi connectivity index (χ1) is 10.6. The van der Waals surface area contributed by atoms with Crippen molar-refractivity contribution >= 4 is 17.5 Å². The van der Waals surface area contributed by atoms with Gasteiger partial charge in [-0.3, -0.25) is 4.79 Å². The van der Waals surface area contributed by atoms with E-state index in [2.05, 4.69) is 5.32 Å². The average Bonchev–Trinajstić information content (AvgIpc) is 2.55. The molecule has 1 aromatic rings. The van der Waals surface area contributed by atoms with Gasteiger partial charge in [0.2, 0.25) is 5.91 Å². The molecular weight excluding hydrogens is 302 g/mol. The van der Waals surface area contributed by atoms with Crippen LogP contribution in [0.3, 0.4) is 0 Å². The predicted molar refractivity (Wildman–Crippen MR) is 87.1 cm³/mol. The van der Waals surface area contributed by atoms with Crippen molar-refractivity contribution in [2.24, 2.45) is 0 Å². The Hall–Kier alpha value is -1.10. The lowest BCUT2D eigenvalue weighted by atomic mass is 9.73. The molecule has 0 spiro atoms. The Kier molecular flexibility index (Phi) is 6.24. The minimum absolute atomic E-state index is 0.01000. The maximum Gasteiger partial charge on any atom is 0.231 e. The summed E-state index contributed by atoms with van der Waals surface area (Å²) in [5.74, 6) is -0.01000. The zero-order valence-electron chi connectivity index (χ0n) is 13.0. The lowest BCUT2D eigenvalue weighted by molar-refractivity contribution is -0.131. The van der Waals surface area contributed by atoms with E-state index < -0.39 is 5.41 Å². The van der Waals surface area contributed by atoms with E-state index in [4.69, 9.17) is 21.4 Å². The van der Waals surface area contributed by atoms with Crippen LogP contribution in [0.1, 0.15) is 38.2 Å². The number of carbonyl (C=O) groups is 1. The summed E-state index contributed by atoms with van der Waals surface area (Å²) in [6, 6.07) is 7.53. The quantitative estimate of drug-likeness (QED) is 0.845. The standard InChI is InChI=1S/C17H24ClNO3/c1-2-13(7-10-20)19-16(21)17(8-11-22-12-9-17)14-5-3-4-6-15(14)18/h3-6,13,20H,2,7-12H2,1H3,(H,19,21). The molecule has 0 radical (unpaired) electrons. The lowest BCUT2D eigenvalue weighted by Crippen LogP contribution is -2.51. The fourth-order valence-electron chi connectivity index (χ4n) is 3.05. The summed E-state index contributed by atoms with van der Waals surface area (Å²) in [4.78, 5) is 13.0.